The molecular formula is C14H18N2. The van der Waals surface area contributed by atoms with E-state index in [1.165, 1.54) is 16.9 Å². The molecule has 1 heterocycles. The highest BCUT2D eigenvalue weighted by Crippen LogP contribution is 2.25. The Balaban J connectivity index is 2.31. The number of aliphatic imine (C=N–C) groups is 1. The van der Waals surface area contributed by atoms with Crippen molar-refractivity contribution in [3.05, 3.63) is 41.6 Å². The van der Waals surface area contributed by atoms with E-state index in [2.05, 4.69) is 67.9 Å². The van der Waals surface area contributed by atoms with Gasteiger partial charge in [0.15, 0.2) is 0 Å². The van der Waals surface area contributed by atoms with Gasteiger partial charge in [0.05, 0.1) is 11.9 Å². The standard InChI is InChI=1S/C14H18N2/c1-11-5-7-13(8-6-11)16-10-15-14(3,4)9-12(16)2/h5-10H,1-4H3. The molecule has 0 N–H and O–H groups in total. The minimum Gasteiger partial charge on any atom is -0.306 e. The number of rotatable bonds is 1. The van der Waals surface area contributed by atoms with Gasteiger partial charge in [0.25, 0.3) is 0 Å². The molecule has 16 heavy (non-hydrogen) atoms. The fourth-order valence-electron chi connectivity index (χ4n) is 1.89. The van der Waals surface area contributed by atoms with Crippen LogP contribution in [-0.4, -0.2) is 11.9 Å². The number of hydrogen-bond donors (Lipinski definition) is 0. The lowest BCUT2D eigenvalue weighted by atomic mass is 10.0. The van der Waals surface area contributed by atoms with Gasteiger partial charge in [-0.2, -0.15) is 0 Å². The zero-order valence-corrected chi connectivity index (χ0v) is 10.4. The molecular weight excluding hydrogens is 196 g/mol. The van der Waals surface area contributed by atoms with Crippen LogP contribution in [0.4, 0.5) is 5.69 Å². The maximum atomic E-state index is 4.52. The van der Waals surface area contributed by atoms with Gasteiger partial charge in [-0.05, 0) is 45.9 Å². The highest BCUT2D eigenvalue weighted by atomic mass is 15.2. The second-order valence-corrected chi connectivity index (χ2v) is 4.89. The smallest absolute Gasteiger partial charge is 0.0948 e. The van der Waals surface area contributed by atoms with E-state index in [1.54, 1.807) is 0 Å². The van der Waals surface area contributed by atoms with Crippen molar-refractivity contribution in [2.45, 2.75) is 33.2 Å². The molecule has 2 nitrogen and oxygen atoms in total. The Morgan fingerprint density at radius 1 is 1.06 bits per heavy atom. The Morgan fingerprint density at radius 2 is 1.69 bits per heavy atom. The fourth-order valence-corrected chi connectivity index (χ4v) is 1.89. The molecule has 84 valence electrons. The van der Waals surface area contributed by atoms with Crippen molar-refractivity contribution in [2.75, 3.05) is 4.90 Å². The molecule has 0 aromatic heterocycles. The summed E-state index contributed by atoms with van der Waals surface area (Å²) in [5, 5.41) is 0. The second kappa shape index (κ2) is 3.78. The quantitative estimate of drug-likeness (QED) is 0.698. The van der Waals surface area contributed by atoms with Crippen LogP contribution in [0.3, 0.4) is 0 Å². The molecule has 2 heteroatoms. The van der Waals surface area contributed by atoms with Crippen LogP contribution in [-0.2, 0) is 0 Å². The maximum absolute atomic E-state index is 4.52. The predicted octanol–water partition coefficient (Wildman–Crippen LogP) is 3.53. The molecule has 0 fully saturated rings. The predicted molar refractivity (Wildman–Crippen MR) is 70.0 cm³/mol. The van der Waals surface area contributed by atoms with Gasteiger partial charge in [-0.25, -0.2) is 0 Å². The van der Waals surface area contributed by atoms with E-state index < -0.39 is 0 Å². The van der Waals surface area contributed by atoms with Gasteiger partial charge in [0, 0.05) is 11.4 Å². The number of anilines is 1. The average Bonchev–Trinajstić information content (AvgIpc) is 2.19. The van der Waals surface area contributed by atoms with Crippen molar-refractivity contribution in [3.8, 4) is 0 Å². The fraction of sp³-hybridized carbons (Fsp3) is 0.357. The van der Waals surface area contributed by atoms with Crippen LogP contribution in [0.15, 0.2) is 41.0 Å². The highest BCUT2D eigenvalue weighted by Gasteiger charge is 2.19. The molecule has 1 aliphatic heterocycles. The van der Waals surface area contributed by atoms with E-state index in [-0.39, 0.29) is 5.54 Å². The first-order chi connectivity index (χ1) is 7.48. The van der Waals surface area contributed by atoms with Crippen molar-refractivity contribution in [2.24, 2.45) is 4.99 Å². The largest absolute Gasteiger partial charge is 0.306 e. The van der Waals surface area contributed by atoms with Gasteiger partial charge < -0.3 is 4.90 Å². The Bertz CT molecular complexity index is 438. The number of nitrogens with zero attached hydrogens (tertiary/aromatic N) is 2. The summed E-state index contributed by atoms with van der Waals surface area (Å²) in [4.78, 5) is 6.63. The number of aryl methyl sites for hydroxylation is 1. The Hall–Kier alpha value is -1.57. The van der Waals surface area contributed by atoms with Crippen LogP contribution >= 0.6 is 0 Å². The Labute approximate surface area is 97.3 Å². The van der Waals surface area contributed by atoms with Gasteiger partial charge in [-0.1, -0.05) is 17.7 Å². The van der Waals surface area contributed by atoms with Crippen LogP contribution in [0.25, 0.3) is 0 Å². The molecule has 0 bridgehead atoms. The van der Waals surface area contributed by atoms with Gasteiger partial charge in [0.1, 0.15) is 0 Å². The summed E-state index contributed by atoms with van der Waals surface area (Å²) in [6.45, 7) is 8.44. The topological polar surface area (TPSA) is 15.6 Å². The zero-order valence-electron chi connectivity index (χ0n) is 10.4. The van der Waals surface area contributed by atoms with Crippen LogP contribution in [0, 0.1) is 6.92 Å². The molecule has 0 aliphatic carbocycles. The molecule has 1 aromatic carbocycles. The molecule has 0 saturated carbocycles. The van der Waals surface area contributed by atoms with Crippen molar-refractivity contribution < 1.29 is 0 Å². The van der Waals surface area contributed by atoms with Crippen LogP contribution in [0.5, 0.6) is 0 Å². The lowest BCUT2D eigenvalue weighted by molar-refractivity contribution is 0.644. The highest BCUT2D eigenvalue weighted by molar-refractivity contribution is 5.84. The zero-order chi connectivity index (χ0) is 11.8. The first kappa shape index (κ1) is 10.9. The van der Waals surface area contributed by atoms with Crippen molar-refractivity contribution >= 4 is 12.0 Å². The van der Waals surface area contributed by atoms with Crippen molar-refractivity contribution in [1.29, 1.82) is 0 Å². The van der Waals surface area contributed by atoms with Crippen molar-refractivity contribution in [3.63, 3.8) is 0 Å². The molecule has 0 unspecified atom stereocenters. The van der Waals surface area contributed by atoms with Crippen LogP contribution in [0.1, 0.15) is 26.3 Å². The van der Waals surface area contributed by atoms with Gasteiger partial charge >= 0.3 is 0 Å². The molecule has 0 atom stereocenters. The monoisotopic (exact) mass is 214 g/mol. The summed E-state index contributed by atoms with van der Waals surface area (Å²) in [5.41, 5.74) is 3.59. The average molecular weight is 214 g/mol. The van der Waals surface area contributed by atoms with Crippen molar-refractivity contribution in [1.82, 2.24) is 0 Å². The minimum absolute atomic E-state index is 0.0781. The van der Waals surface area contributed by atoms with Crippen LogP contribution < -0.4 is 4.90 Å². The summed E-state index contributed by atoms with van der Waals surface area (Å²) in [5.74, 6) is 0. The number of allylic oxidation sites excluding steroid dienone is 1. The molecule has 2 rings (SSSR count). The van der Waals surface area contributed by atoms with E-state index >= 15 is 0 Å². The number of hydrogen-bond acceptors (Lipinski definition) is 2. The van der Waals surface area contributed by atoms with E-state index in [4.69, 9.17) is 0 Å². The molecule has 0 radical (unpaired) electrons. The summed E-state index contributed by atoms with van der Waals surface area (Å²) in [7, 11) is 0. The summed E-state index contributed by atoms with van der Waals surface area (Å²) in [6.07, 6.45) is 4.10. The van der Waals surface area contributed by atoms with E-state index in [0.717, 1.165) is 0 Å². The third kappa shape index (κ3) is 2.16. The third-order valence-corrected chi connectivity index (χ3v) is 2.76. The SMILES string of the molecule is CC1=CC(C)(C)N=CN1c1ccc(C)cc1. The normalized spacial score (nSPS) is 18.5. The summed E-state index contributed by atoms with van der Waals surface area (Å²) < 4.78 is 0. The molecule has 1 aliphatic rings. The second-order valence-electron chi connectivity index (χ2n) is 4.89. The van der Waals surface area contributed by atoms with Gasteiger partial charge in [-0.15, -0.1) is 0 Å². The molecule has 0 saturated heterocycles. The van der Waals surface area contributed by atoms with Gasteiger partial charge in [-0.3, -0.25) is 4.99 Å². The Morgan fingerprint density at radius 3 is 2.25 bits per heavy atom. The lowest BCUT2D eigenvalue weighted by Crippen LogP contribution is -2.29. The third-order valence-electron chi connectivity index (χ3n) is 2.76. The first-order valence-corrected chi connectivity index (χ1v) is 5.59. The summed E-state index contributed by atoms with van der Waals surface area (Å²) >= 11 is 0. The number of benzene rings is 1. The maximum Gasteiger partial charge on any atom is 0.0948 e. The van der Waals surface area contributed by atoms with E-state index in [9.17, 15) is 0 Å². The minimum atomic E-state index is -0.0781. The van der Waals surface area contributed by atoms with E-state index in [1.807, 2.05) is 6.34 Å². The summed E-state index contributed by atoms with van der Waals surface area (Å²) in [6, 6.07) is 8.49. The molecule has 1 aromatic rings. The Kier molecular flexibility index (Phi) is 2.58. The van der Waals surface area contributed by atoms with E-state index in [0.29, 0.717) is 0 Å². The lowest BCUT2D eigenvalue weighted by Gasteiger charge is -2.29. The molecule has 0 amide bonds. The molecule has 0 spiro atoms. The first-order valence-electron chi connectivity index (χ1n) is 5.59. The van der Waals surface area contributed by atoms with Gasteiger partial charge in [0.2, 0.25) is 0 Å². The van der Waals surface area contributed by atoms with Crippen LogP contribution in [0.2, 0.25) is 0 Å².